The first kappa shape index (κ1) is 11.1. The fourth-order valence-electron chi connectivity index (χ4n) is 2.65. The van der Waals surface area contributed by atoms with Gasteiger partial charge >= 0.3 is 0 Å². The van der Waals surface area contributed by atoms with Crippen LogP contribution in [0, 0.1) is 0 Å². The Morgan fingerprint density at radius 1 is 1.35 bits per heavy atom. The second-order valence-electron chi connectivity index (χ2n) is 5.13. The highest BCUT2D eigenvalue weighted by atomic mass is 79.9. The number of anilines is 1. The van der Waals surface area contributed by atoms with Crippen molar-refractivity contribution in [2.24, 2.45) is 0 Å². The zero-order valence-corrected chi connectivity index (χ0v) is 11.4. The molecule has 90 valence electrons. The van der Waals surface area contributed by atoms with Crippen LogP contribution in [0.4, 0.5) is 5.69 Å². The van der Waals surface area contributed by atoms with Crippen molar-refractivity contribution in [1.82, 2.24) is 4.98 Å². The van der Waals surface area contributed by atoms with E-state index in [1.807, 2.05) is 12.1 Å². The topological polar surface area (TPSA) is 52.0 Å². The zero-order valence-electron chi connectivity index (χ0n) is 9.79. The summed E-state index contributed by atoms with van der Waals surface area (Å²) in [6.45, 7) is 2.23. The fourth-order valence-corrected chi connectivity index (χ4v) is 3.11. The summed E-state index contributed by atoms with van der Waals surface area (Å²) in [4.78, 5) is 4.61. The number of fused-ring (bicyclic) bond motifs is 1. The smallest absolute Gasteiger partial charge is 0.201 e. The van der Waals surface area contributed by atoms with Crippen LogP contribution in [-0.2, 0) is 5.41 Å². The van der Waals surface area contributed by atoms with Gasteiger partial charge in [-0.3, -0.25) is 0 Å². The van der Waals surface area contributed by atoms with E-state index >= 15 is 0 Å². The normalized spacial score (nSPS) is 18.9. The zero-order chi connectivity index (χ0) is 12.0. The van der Waals surface area contributed by atoms with E-state index < -0.39 is 0 Å². The largest absolute Gasteiger partial charge is 0.438 e. The van der Waals surface area contributed by atoms with E-state index in [4.69, 9.17) is 10.2 Å². The Morgan fingerprint density at radius 3 is 2.76 bits per heavy atom. The van der Waals surface area contributed by atoms with Crippen molar-refractivity contribution < 1.29 is 4.42 Å². The molecule has 1 fully saturated rings. The number of hydrogen-bond donors (Lipinski definition) is 1. The Labute approximate surface area is 109 Å². The monoisotopic (exact) mass is 294 g/mol. The molecule has 1 aliphatic rings. The minimum Gasteiger partial charge on any atom is -0.438 e. The molecule has 0 aliphatic heterocycles. The number of aromatic nitrogens is 1. The number of rotatable bonds is 1. The molecule has 2 N–H and O–H groups in total. The van der Waals surface area contributed by atoms with Gasteiger partial charge in [0, 0.05) is 9.89 Å². The third kappa shape index (κ3) is 1.75. The summed E-state index contributed by atoms with van der Waals surface area (Å²) >= 11 is 3.43. The van der Waals surface area contributed by atoms with Gasteiger partial charge in [0.25, 0.3) is 0 Å². The van der Waals surface area contributed by atoms with Crippen molar-refractivity contribution in [1.29, 1.82) is 0 Å². The number of oxazole rings is 1. The lowest BCUT2D eigenvalue weighted by atomic mass is 9.89. The van der Waals surface area contributed by atoms with Crippen molar-refractivity contribution in [2.75, 3.05) is 5.73 Å². The van der Waals surface area contributed by atoms with Crippen molar-refractivity contribution in [3.8, 4) is 0 Å². The summed E-state index contributed by atoms with van der Waals surface area (Å²) < 4.78 is 6.83. The lowest BCUT2D eigenvalue weighted by Gasteiger charge is -2.17. The molecule has 0 bridgehead atoms. The number of benzene rings is 1. The minimum absolute atomic E-state index is 0.0952. The molecule has 3 nitrogen and oxygen atoms in total. The molecule has 1 aromatic carbocycles. The predicted molar refractivity (Wildman–Crippen MR) is 71.9 cm³/mol. The summed E-state index contributed by atoms with van der Waals surface area (Å²) in [5, 5.41) is 0. The number of hydrogen-bond acceptors (Lipinski definition) is 3. The number of nitrogens with zero attached hydrogens (tertiary/aromatic N) is 1. The van der Waals surface area contributed by atoms with Crippen LogP contribution in [-0.4, -0.2) is 4.98 Å². The van der Waals surface area contributed by atoms with Crippen LogP contribution in [0.2, 0.25) is 0 Å². The molecule has 0 atom stereocenters. The Kier molecular flexibility index (Phi) is 2.43. The maximum absolute atomic E-state index is 5.95. The summed E-state index contributed by atoms with van der Waals surface area (Å²) in [6, 6.07) is 3.81. The van der Waals surface area contributed by atoms with Crippen LogP contribution in [0.3, 0.4) is 0 Å². The number of nitrogen functional groups attached to an aromatic ring is 1. The van der Waals surface area contributed by atoms with E-state index in [9.17, 15) is 0 Å². The second kappa shape index (κ2) is 3.73. The van der Waals surface area contributed by atoms with Crippen molar-refractivity contribution in [2.45, 2.75) is 38.0 Å². The first-order valence-electron chi connectivity index (χ1n) is 5.94. The van der Waals surface area contributed by atoms with E-state index in [2.05, 4.69) is 27.8 Å². The molecular formula is C13H15BrN2O. The van der Waals surface area contributed by atoms with Crippen LogP contribution >= 0.6 is 15.9 Å². The molecule has 1 aromatic heterocycles. The number of nitrogens with two attached hydrogens (primary N) is 1. The Hall–Kier alpha value is -1.03. The molecule has 2 aromatic rings. The van der Waals surface area contributed by atoms with Crippen LogP contribution in [0.5, 0.6) is 0 Å². The summed E-state index contributed by atoms with van der Waals surface area (Å²) in [7, 11) is 0. The lowest BCUT2D eigenvalue weighted by molar-refractivity contribution is 0.364. The summed E-state index contributed by atoms with van der Waals surface area (Å²) in [5.41, 5.74) is 8.26. The van der Waals surface area contributed by atoms with Gasteiger partial charge in [-0.25, -0.2) is 4.98 Å². The SMILES string of the molecule is CC1(c2nc3cc(Br)cc(N)c3o2)CCCC1. The summed E-state index contributed by atoms with van der Waals surface area (Å²) in [6.07, 6.45) is 4.82. The van der Waals surface area contributed by atoms with Gasteiger partial charge in [-0.2, -0.15) is 0 Å². The molecule has 0 amide bonds. The van der Waals surface area contributed by atoms with Gasteiger partial charge in [0.1, 0.15) is 5.52 Å². The molecule has 0 spiro atoms. The third-order valence-corrected chi connectivity index (χ3v) is 4.16. The molecule has 1 heterocycles. The van der Waals surface area contributed by atoms with Gasteiger partial charge in [-0.1, -0.05) is 35.7 Å². The van der Waals surface area contributed by atoms with E-state index in [0.717, 1.165) is 34.3 Å². The minimum atomic E-state index is 0.0952. The van der Waals surface area contributed by atoms with Gasteiger partial charge < -0.3 is 10.2 Å². The third-order valence-electron chi connectivity index (χ3n) is 3.71. The van der Waals surface area contributed by atoms with Gasteiger partial charge in [0.15, 0.2) is 5.58 Å². The van der Waals surface area contributed by atoms with Crippen LogP contribution in [0.25, 0.3) is 11.1 Å². The molecule has 4 heteroatoms. The van der Waals surface area contributed by atoms with E-state index in [1.54, 1.807) is 0 Å². The maximum Gasteiger partial charge on any atom is 0.201 e. The van der Waals surface area contributed by atoms with Gasteiger partial charge in [-0.05, 0) is 25.0 Å². The van der Waals surface area contributed by atoms with Gasteiger partial charge in [0.05, 0.1) is 5.69 Å². The average Bonchev–Trinajstić information content (AvgIpc) is 2.84. The highest BCUT2D eigenvalue weighted by Crippen LogP contribution is 2.41. The highest BCUT2D eigenvalue weighted by molar-refractivity contribution is 9.10. The van der Waals surface area contributed by atoms with E-state index in [1.165, 1.54) is 12.8 Å². The van der Waals surface area contributed by atoms with Crippen LogP contribution in [0.1, 0.15) is 38.5 Å². The molecular weight excluding hydrogens is 280 g/mol. The number of halogens is 1. The molecule has 0 saturated heterocycles. The lowest BCUT2D eigenvalue weighted by Crippen LogP contribution is -2.16. The van der Waals surface area contributed by atoms with Gasteiger partial charge in [0.2, 0.25) is 5.89 Å². The van der Waals surface area contributed by atoms with Crippen molar-refractivity contribution in [3.05, 3.63) is 22.5 Å². The standard InChI is InChI=1S/C13H15BrN2O/c1-13(4-2-3-5-13)12-16-10-7-8(14)6-9(15)11(10)17-12/h6-7H,2-5,15H2,1H3. The molecule has 1 aliphatic carbocycles. The first-order chi connectivity index (χ1) is 8.08. The predicted octanol–water partition coefficient (Wildman–Crippen LogP) is 4.00. The average molecular weight is 295 g/mol. The Balaban J connectivity index is 2.16. The highest BCUT2D eigenvalue weighted by Gasteiger charge is 2.35. The maximum atomic E-state index is 5.95. The van der Waals surface area contributed by atoms with Gasteiger partial charge in [-0.15, -0.1) is 0 Å². The van der Waals surface area contributed by atoms with Crippen LogP contribution in [0.15, 0.2) is 21.0 Å². The Bertz CT molecular complexity index is 570. The molecule has 17 heavy (non-hydrogen) atoms. The van der Waals surface area contributed by atoms with E-state index in [0.29, 0.717) is 5.69 Å². The van der Waals surface area contributed by atoms with Crippen LogP contribution < -0.4 is 5.73 Å². The van der Waals surface area contributed by atoms with Crippen molar-refractivity contribution in [3.63, 3.8) is 0 Å². The van der Waals surface area contributed by atoms with E-state index in [-0.39, 0.29) is 5.41 Å². The Morgan fingerprint density at radius 2 is 2.06 bits per heavy atom. The molecule has 0 unspecified atom stereocenters. The fraction of sp³-hybridized carbons (Fsp3) is 0.462. The molecule has 3 rings (SSSR count). The summed E-state index contributed by atoms with van der Waals surface area (Å²) in [5.74, 6) is 0.842. The second-order valence-corrected chi connectivity index (χ2v) is 6.05. The quantitative estimate of drug-likeness (QED) is 0.809. The van der Waals surface area contributed by atoms with Crippen molar-refractivity contribution >= 4 is 32.7 Å². The molecule has 0 radical (unpaired) electrons. The molecule has 1 saturated carbocycles. The first-order valence-corrected chi connectivity index (χ1v) is 6.74.